The summed E-state index contributed by atoms with van der Waals surface area (Å²) in [6, 6.07) is 0. The Morgan fingerprint density at radius 3 is 2.58 bits per heavy atom. The predicted octanol–water partition coefficient (Wildman–Crippen LogP) is 0.377. The molecule has 2 N–H and O–H groups in total. The fourth-order valence-electron chi connectivity index (χ4n) is 1.67. The van der Waals surface area contributed by atoms with Crippen LogP contribution in [0.3, 0.4) is 0 Å². The summed E-state index contributed by atoms with van der Waals surface area (Å²) < 4.78 is 0. The van der Waals surface area contributed by atoms with Crippen LogP contribution in [0.5, 0.6) is 0 Å². The fourth-order valence-corrected chi connectivity index (χ4v) is 1.67. The summed E-state index contributed by atoms with van der Waals surface area (Å²) in [5, 5.41) is 11.1. The summed E-state index contributed by atoms with van der Waals surface area (Å²) in [7, 11) is 0. The number of nitrogens with one attached hydrogen (secondary N) is 1. The maximum absolute atomic E-state index is 10.5. The first-order valence-corrected chi connectivity index (χ1v) is 4.07. The number of hydrogen-bond acceptors (Lipinski definition) is 2. The van der Waals surface area contributed by atoms with Crippen molar-refractivity contribution in [3.63, 3.8) is 0 Å². The molecule has 0 aliphatic heterocycles. The van der Waals surface area contributed by atoms with Crippen molar-refractivity contribution in [3.8, 4) is 0 Å². The van der Waals surface area contributed by atoms with Crippen molar-refractivity contribution in [2.24, 2.45) is 5.41 Å². The molecule has 0 atom stereocenters. The number of carbonyl (C=O) groups excluding carboxylic acids is 1. The van der Waals surface area contributed by atoms with Crippen molar-refractivity contribution in [3.05, 3.63) is 0 Å². The molecule has 68 valence electrons. The lowest BCUT2D eigenvalue weighted by Gasteiger charge is -2.40. The van der Waals surface area contributed by atoms with Crippen LogP contribution >= 0.6 is 0 Å². The summed E-state index contributed by atoms with van der Waals surface area (Å²) in [6.45, 7) is 0.503. The maximum atomic E-state index is 10.5. The molecule has 1 saturated carbocycles. The highest BCUT2D eigenvalue weighted by Gasteiger charge is 2.38. The molecule has 0 spiro atoms. The highest BCUT2D eigenvalue weighted by atomic mass is 16.4. The molecule has 0 saturated heterocycles. The molecule has 1 amide bonds. The van der Waals surface area contributed by atoms with E-state index in [1.807, 2.05) is 0 Å². The Balaban J connectivity index is 2.39. The van der Waals surface area contributed by atoms with Crippen molar-refractivity contribution < 1.29 is 14.7 Å². The largest absolute Gasteiger partial charge is 0.481 e. The van der Waals surface area contributed by atoms with E-state index in [-0.39, 0.29) is 11.8 Å². The number of hydrogen-bond donors (Lipinski definition) is 2. The van der Waals surface area contributed by atoms with Gasteiger partial charge in [-0.25, -0.2) is 0 Å². The van der Waals surface area contributed by atoms with Crippen molar-refractivity contribution >= 4 is 12.4 Å². The van der Waals surface area contributed by atoms with E-state index in [0.29, 0.717) is 13.0 Å². The van der Waals surface area contributed by atoms with Gasteiger partial charge in [0.1, 0.15) is 0 Å². The molecule has 0 bridgehead atoms. The Kier molecular flexibility index (Phi) is 2.68. The second-order valence-corrected chi connectivity index (χ2v) is 3.42. The van der Waals surface area contributed by atoms with E-state index < -0.39 is 5.97 Å². The molecule has 0 radical (unpaired) electrons. The molecule has 12 heavy (non-hydrogen) atoms. The molecule has 4 nitrogen and oxygen atoms in total. The normalized spacial score (nSPS) is 19.3. The van der Waals surface area contributed by atoms with Gasteiger partial charge in [-0.1, -0.05) is 6.42 Å². The van der Waals surface area contributed by atoms with E-state index in [1.165, 1.54) is 0 Å². The lowest BCUT2D eigenvalue weighted by Crippen LogP contribution is -2.41. The van der Waals surface area contributed by atoms with E-state index in [9.17, 15) is 9.59 Å². The zero-order chi connectivity index (χ0) is 9.03. The Morgan fingerprint density at radius 2 is 2.25 bits per heavy atom. The summed E-state index contributed by atoms with van der Waals surface area (Å²) in [5.41, 5.74) is -0.146. The molecular formula is C8H13NO3. The Hall–Kier alpha value is -1.06. The van der Waals surface area contributed by atoms with E-state index in [1.54, 1.807) is 0 Å². The smallest absolute Gasteiger partial charge is 0.303 e. The van der Waals surface area contributed by atoms with Crippen LogP contribution in [0.1, 0.15) is 25.7 Å². The third kappa shape index (κ3) is 1.96. The minimum Gasteiger partial charge on any atom is -0.481 e. The van der Waals surface area contributed by atoms with E-state index in [2.05, 4.69) is 5.32 Å². The van der Waals surface area contributed by atoms with Gasteiger partial charge in [0.25, 0.3) is 0 Å². The van der Waals surface area contributed by atoms with Gasteiger partial charge < -0.3 is 10.4 Å². The quantitative estimate of drug-likeness (QED) is 0.587. The molecule has 0 unspecified atom stereocenters. The summed E-state index contributed by atoms with van der Waals surface area (Å²) in [4.78, 5) is 20.5. The van der Waals surface area contributed by atoms with Gasteiger partial charge in [0.05, 0.1) is 6.42 Å². The van der Waals surface area contributed by atoms with Gasteiger partial charge in [0, 0.05) is 6.54 Å². The molecule has 1 aliphatic rings. The molecule has 0 heterocycles. The maximum Gasteiger partial charge on any atom is 0.303 e. The van der Waals surface area contributed by atoms with Crippen molar-refractivity contribution in [2.45, 2.75) is 25.7 Å². The third-order valence-corrected chi connectivity index (χ3v) is 2.50. The SMILES string of the molecule is O=CNCC1(CC(=O)O)CCC1. The van der Waals surface area contributed by atoms with Gasteiger partial charge in [-0.3, -0.25) is 9.59 Å². The molecule has 0 aromatic rings. The highest BCUT2D eigenvalue weighted by Crippen LogP contribution is 2.43. The Labute approximate surface area is 71.0 Å². The van der Waals surface area contributed by atoms with E-state index in [4.69, 9.17) is 5.11 Å². The second kappa shape index (κ2) is 3.56. The minimum atomic E-state index is -0.776. The Morgan fingerprint density at radius 1 is 1.58 bits per heavy atom. The average molecular weight is 171 g/mol. The molecule has 0 aromatic carbocycles. The first-order valence-electron chi connectivity index (χ1n) is 4.07. The second-order valence-electron chi connectivity index (χ2n) is 3.42. The van der Waals surface area contributed by atoms with Gasteiger partial charge in [0.2, 0.25) is 6.41 Å². The molecule has 1 rings (SSSR count). The van der Waals surface area contributed by atoms with Gasteiger partial charge >= 0.3 is 5.97 Å². The number of carboxylic acids is 1. The zero-order valence-corrected chi connectivity index (χ0v) is 6.88. The summed E-state index contributed by atoms with van der Waals surface area (Å²) in [5.74, 6) is -0.776. The monoisotopic (exact) mass is 171 g/mol. The van der Waals surface area contributed by atoms with Crippen LogP contribution < -0.4 is 5.32 Å². The fraction of sp³-hybridized carbons (Fsp3) is 0.750. The van der Waals surface area contributed by atoms with Crippen molar-refractivity contribution in [1.82, 2.24) is 5.32 Å². The number of carbonyl (C=O) groups is 2. The first-order chi connectivity index (χ1) is 5.68. The standard InChI is InChI=1S/C8H13NO3/c10-6-9-5-8(2-1-3-8)4-7(11)12/h6H,1-5H2,(H,9,10)(H,11,12). The first kappa shape index (κ1) is 9.03. The number of carboxylic acid groups (broad SMARTS) is 1. The zero-order valence-electron chi connectivity index (χ0n) is 6.88. The number of rotatable bonds is 5. The average Bonchev–Trinajstić information content (AvgIpc) is 1.94. The number of aliphatic carboxylic acids is 1. The lowest BCUT2D eigenvalue weighted by atomic mass is 9.66. The van der Waals surface area contributed by atoms with Gasteiger partial charge in [-0.2, -0.15) is 0 Å². The lowest BCUT2D eigenvalue weighted by molar-refractivity contribution is -0.141. The topological polar surface area (TPSA) is 66.4 Å². The third-order valence-electron chi connectivity index (χ3n) is 2.50. The van der Waals surface area contributed by atoms with Crippen LogP contribution in [0.15, 0.2) is 0 Å². The highest BCUT2D eigenvalue weighted by molar-refractivity contribution is 5.68. The van der Waals surface area contributed by atoms with Gasteiger partial charge in [0.15, 0.2) is 0 Å². The van der Waals surface area contributed by atoms with E-state index >= 15 is 0 Å². The predicted molar refractivity (Wildman–Crippen MR) is 42.6 cm³/mol. The van der Waals surface area contributed by atoms with Crippen LogP contribution in [0, 0.1) is 5.41 Å². The van der Waals surface area contributed by atoms with Crippen molar-refractivity contribution in [1.29, 1.82) is 0 Å². The summed E-state index contributed by atoms with van der Waals surface area (Å²) >= 11 is 0. The van der Waals surface area contributed by atoms with E-state index in [0.717, 1.165) is 19.3 Å². The van der Waals surface area contributed by atoms with Gasteiger partial charge in [-0.05, 0) is 18.3 Å². The van der Waals surface area contributed by atoms with Gasteiger partial charge in [-0.15, -0.1) is 0 Å². The van der Waals surface area contributed by atoms with Crippen molar-refractivity contribution in [2.75, 3.05) is 6.54 Å². The van der Waals surface area contributed by atoms with Crippen LogP contribution in [0.25, 0.3) is 0 Å². The summed E-state index contributed by atoms with van der Waals surface area (Å²) in [6.07, 6.45) is 3.71. The number of amides is 1. The van der Waals surface area contributed by atoms with Crippen LogP contribution in [-0.2, 0) is 9.59 Å². The minimum absolute atomic E-state index is 0.146. The molecule has 1 aliphatic carbocycles. The van der Waals surface area contributed by atoms with Crippen LogP contribution in [0.2, 0.25) is 0 Å². The van der Waals surface area contributed by atoms with Crippen LogP contribution in [-0.4, -0.2) is 24.0 Å². The molecule has 0 aromatic heterocycles. The molecular weight excluding hydrogens is 158 g/mol. The molecule has 4 heteroatoms. The van der Waals surface area contributed by atoms with Crippen LogP contribution in [0.4, 0.5) is 0 Å². The molecule has 1 fully saturated rings. The Bertz CT molecular complexity index is 187.